The van der Waals surface area contributed by atoms with E-state index >= 15 is 0 Å². The molecule has 28 heavy (non-hydrogen) atoms. The number of amides is 1. The molecular formula is C21H31N5OS. The third-order valence-electron chi connectivity index (χ3n) is 5.23. The minimum atomic E-state index is 0.0760. The molecule has 0 saturated carbocycles. The van der Waals surface area contributed by atoms with E-state index in [1.165, 1.54) is 29.3 Å². The molecule has 1 fully saturated rings. The predicted molar refractivity (Wildman–Crippen MR) is 114 cm³/mol. The Bertz CT molecular complexity index is 811. The van der Waals surface area contributed by atoms with E-state index < -0.39 is 0 Å². The molecule has 1 saturated heterocycles. The van der Waals surface area contributed by atoms with Gasteiger partial charge in [0.15, 0.2) is 5.16 Å². The van der Waals surface area contributed by atoms with Crippen LogP contribution in [0.3, 0.4) is 0 Å². The van der Waals surface area contributed by atoms with Gasteiger partial charge in [0.05, 0.1) is 11.4 Å². The van der Waals surface area contributed by atoms with Gasteiger partial charge >= 0.3 is 0 Å². The maximum absolute atomic E-state index is 12.5. The van der Waals surface area contributed by atoms with Gasteiger partial charge in [-0.2, -0.15) is 0 Å². The summed E-state index contributed by atoms with van der Waals surface area (Å²) in [6.45, 7) is 11.6. The lowest BCUT2D eigenvalue weighted by Crippen LogP contribution is -2.45. The highest BCUT2D eigenvalue weighted by molar-refractivity contribution is 7.99. The van der Waals surface area contributed by atoms with Crippen LogP contribution in [-0.4, -0.2) is 57.0 Å². The van der Waals surface area contributed by atoms with Crippen LogP contribution in [0.2, 0.25) is 0 Å². The molecule has 1 amide bonds. The number of rotatable bonds is 7. The van der Waals surface area contributed by atoms with Crippen LogP contribution in [0.4, 0.5) is 0 Å². The Kier molecular flexibility index (Phi) is 7.13. The second-order valence-electron chi connectivity index (χ2n) is 7.63. The quantitative estimate of drug-likeness (QED) is 0.722. The van der Waals surface area contributed by atoms with Gasteiger partial charge in [-0.05, 0) is 63.8 Å². The monoisotopic (exact) mass is 401 g/mol. The number of aryl methyl sites for hydroxylation is 3. The number of hydrogen-bond donors (Lipinski definition) is 1. The summed E-state index contributed by atoms with van der Waals surface area (Å²) in [6.07, 6.45) is 3.26. The van der Waals surface area contributed by atoms with Crippen LogP contribution in [0.5, 0.6) is 0 Å². The topological polar surface area (TPSA) is 63.1 Å². The Morgan fingerprint density at radius 1 is 1.21 bits per heavy atom. The highest BCUT2D eigenvalue weighted by Crippen LogP contribution is 2.25. The Morgan fingerprint density at radius 2 is 1.96 bits per heavy atom. The maximum atomic E-state index is 12.5. The molecule has 2 heterocycles. The molecule has 2 aromatic rings. The molecule has 0 spiro atoms. The van der Waals surface area contributed by atoms with E-state index in [4.69, 9.17) is 0 Å². The summed E-state index contributed by atoms with van der Waals surface area (Å²) in [5.74, 6) is 1.27. The molecule has 1 aliphatic heterocycles. The van der Waals surface area contributed by atoms with Crippen LogP contribution in [0.15, 0.2) is 23.4 Å². The molecule has 3 rings (SSSR count). The lowest BCUT2D eigenvalue weighted by atomic mass is 10.1. The number of benzene rings is 1. The van der Waals surface area contributed by atoms with Crippen molar-refractivity contribution in [3.63, 3.8) is 0 Å². The van der Waals surface area contributed by atoms with Crippen molar-refractivity contribution < 1.29 is 4.79 Å². The average molecular weight is 402 g/mol. The van der Waals surface area contributed by atoms with E-state index in [0.29, 0.717) is 11.8 Å². The fourth-order valence-corrected chi connectivity index (χ4v) is 4.49. The molecule has 6 nitrogen and oxygen atoms in total. The first-order chi connectivity index (χ1) is 13.5. The van der Waals surface area contributed by atoms with Crippen molar-refractivity contribution in [3.8, 4) is 5.69 Å². The van der Waals surface area contributed by atoms with Gasteiger partial charge in [-0.3, -0.25) is 9.36 Å². The van der Waals surface area contributed by atoms with E-state index in [9.17, 15) is 4.79 Å². The minimum absolute atomic E-state index is 0.0760. The summed E-state index contributed by atoms with van der Waals surface area (Å²) in [6, 6.07) is 6.64. The molecule has 1 aromatic heterocycles. The number of hydrogen-bond acceptors (Lipinski definition) is 5. The lowest BCUT2D eigenvalue weighted by molar-refractivity contribution is -0.119. The first-order valence-electron chi connectivity index (χ1n) is 10.1. The summed E-state index contributed by atoms with van der Waals surface area (Å²) in [5, 5.41) is 12.5. The van der Waals surface area contributed by atoms with E-state index in [1.54, 1.807) is 0 Å². The lowest BCUT2D eigenvalue weighted by Gasteiger charge is -2.32. The number of carbonyl (C=O) groups is 1. The van der Waals surface area contributed by atoms with Gasteiger partial charge in [0.2, 0.25) is 5.91 Å². The number of nitrogens with one attached hydrogen (secondary N) is 1. The van der Waals surface area contributed by atoms with Crippen molar-refractivity contribution >= 4 is 17.7 Å². The first kappa shape index (κ1) is 20.9. The maximum Gasteiger partial charge on any atom is 0.230 e. The molecule has 7 heteroatoms. The van der Waals surface area contributed by atoms with Crippen LogP contribution in [-0.2, 0) is 4.79 Å². The fraction of sp³-hybridized carbons (Fsp3) is 0.571. The molecule has 0 unspecified atom stereocenters. The SMILES string of the molecule is CCCN1CCC(NC(=O)CSc2nnc(C)n2-c2cc(C)ccc2C)CC1. The van der Waals surface area contributed by atoms with Crippen LogP contribution in [0.1, 0.15) is 43.1 Å². The predicted octanol–water partition coefficient (Wildman–Crippen LogP) is 3.28. The minimum Gasteiger partial charge on any atom is -0.353 e. The third-order valence-corrected chi connectivity index (χ3v) is 6.15. The average Bonchev–Trinajstić information content (AvgIpc) is 3.04. The molecule has 1 aliphatic rings. The molecule has 0 radical (unpaired) electrons. The van der Waals surface area contributed by atoms with Crippen LogP contribution in [0.25, 0.3) is 5.69 Å². The Hall–Kier alpha value is -1.86. The number of carbonyl (C=O) groups excluding carboxylic acids is 1. The van der Waals surface area contributed by atoms with Crippen molar-refractivity contribution in [1.29, 1.82) is 0 Å². The highest BCUT2D eigenvalue weighted by atomic mass is 32.2. The molecule has 1 N–H and O–H groups in total. The molecule has 152 valence electrons. The molecule has 0 aliphatic carbocycles. The van der Waals surface area contributed by atoms with E-state index in [1.807, 2.05) is 11.5 Å². The Labute approximate surface area is 172 Å². The Balaban J connectivity index is 1.58. The smallest absolute Gasteiger partial charge is 0.230 e. The summed E-state index contributed by atoms with van der Waals surface area (Å²) in [4.78, 5) is 14.9. The zero-order valence-corrected chi connectivity index (χ0v) is 18.2. The van der Waals surface area contributed by atoms with Crippen molar-refractivity contribution in [2.75, 3.05) is 25.4 Å². The molecule has 0 bridgehead atoms. The van der Waals surface area contributed by atoms with Crippen LogP contribution in [0, 0.1) is 20.8 Å². The van der Waals surface area contributed by atoms with Crippen molar-refractivity contribution in [1.82, 2.24) is 25.0 Å². The van der Waals surface area contributed by atoms with Crippen LogP contribution >= 0.6 is 11.8 Å². The summed E-state index contributed by atoms with van der Waals surface area (Å²) in [5.41, 5.74) is 3.43. The number of likely N-dealkylation sites (tertiary alicyclic amines) is 1. The van der Waals surface area contributed by atoms with Gasteiger partial charge in [0, 0.05) is 19.1 Å². The van der Waals surface area contributed by atoms with Gasteiger partial charge < -0.3 is 10.2 Å². The zero-order valence-electron chi connectivity index (χ0n) is 17.4. The standard InChI is InChI=1S/C21H31N5OS/c1-5-10-25-11-8-18(9-12-25)22-20(27)14-28-21-24-23-17(4)26(21)19-13-15(2)6-7-16(19)3/h6-7,13,18H,5,8-12,14H2,1-4H3,(H,22,27). The number of thioether (sulfide) groups is 1. The van der Waals surface area contributed by atoms with Crippen molar-refractivity contribution in [2.45, 2.75) is 58.2 Å². The van der Waals surface area contributed by atoms with Gasteiger partial charge in [-0.1, -0.05) is 30.8 Å². The second kappa shape index (κ2) is 9.56. The number of aromatic nitrogens is 3. The van der Waals surface area contributed by atoms with Crippen molar-refractivity contribution in [2.24, 2.45) is 0 Å². The zero-order chi connectivity index (χ0) is 20.1. The van der Waals surface area contributed by atoms with Crippen LogP contribution < -0.4 is 5.32 Å². The number of piperidine rings is 1. The normalized spacial score (nSPS) is 15.7. The first-order valence-corrected chi connectivity index (χ1v) is 11.1. The fourth-order valence-electron chi connectivity index (χ4n) is 3.69. The summed E-state index contributed by atoms with van der Waals surface area (Å²) < 4.78 is 2.05. The largest absolute Gasteiger partial charge is 0.353 e. The highest BCUT2D eigenvalue weighted by Gasteiger charge is 2.21. The van der Waals surface area contributed by atoms with E-state index in [2.05, 4.69) is 59.4 Å². The number of nitrogens with zero attached hydrogens (tertiary/aromatic N) is 4. The van der Waals surface area contributed by atoms with Gasteiger partial charge in [-0.25, -0.2) is 0 Å². The summed E-state index contributed by atoms with van der Waals surface area (Å²) in [7, 11) is 0. The van der Waals surface area contributed by atoms with Crippen molar-refractivity contribution in [3.05, 3.63) is 35.2 Å². The Morgan fingerprint density at radius 3 is 2.68 bits per heavy atom. The van der Waals surface area contributed by atoms with E-state index in [0.717, 1.165) is 49.1 Å². The van der Waals surface area contributed by atoms with E-state index in [-0.39, 0.29) is 5.91 Å². The van der Waals surface area contributed by atoms with Gasteiger partial charge in [-0.15, -0.1) is 10.2 Å². The van der Waals surface area contributed by atoms with Gasteiger partial charge in [0.1, 0.15) is 5.82 Å². The molecular weight excluding hydrogens is 370 g/mol. The summed E-state index contributed by atoms with van der Waals surface area (Å²) >= 11 is 1.45. The third kappa shape index (κ3) is 5.14. The second-order valence-corrected chi connectivity index (χ2v) is 8.57. The molecule has 0 atom stereocenters. The molecule has 1 aromatic carbocycles. The van der Waals surface area contributed by atoms with Gasteiger partial charge in [0.25, 0.3) is 0 Å².